The van der Waals surface area contributed by atoms with Crippen molar-refractivity contribution in [2.45, 2.75) is 44.8 Å². The Morgan fingerprint density at radius 3 is 2.65 bits per heavy atom. The van der Waals surface area contributed by atoms with Crippen LogP contribution in [-0.2, 0) is 0 Å². The van der Waals surface area contributed by atoms with E-state index < -0.39 is 12.6 Å². The van der Waals surface area contributed by atoms with Gasteiger partial charge in [-0.2, -0.15) is 13.2 Å². The summed E-state index contributed by atoms with van der Waals surface area (Å²) in [4.78, 5) is 0. The van der Waals surface area contributed by atoms with Gasteiger partial charge in [-0.15, -0.1) is 0 Å². The van der Waals surface area contributed by atoms with Crippen molar-refractivity contribution in [2.75, 3.05) is 6.54 Å². The fourth-order valence-electron chi connectivity index (χ4n) is 1.97. The molecule has 0 heterocycles. The van der Waals surface area contributed by atoms with Gasteiger partial charge in [-0.1, -0.05) is 34.5 Å². The third-order valence-corrected chi connectivity index (χ3v) is 3.88. The first kappa shape index (κ1) is 17.8. The van der Waals surface area contributed by atoms with Crippen molar-refractivity contribution in [3.8, 4) is 0 Å². The number of rotatable bonds is 7. The summed E-state index contributed by atoms with van der Waals surface area (Å²) in [5.74, 6) is 0. The standard InChI is InChI=1S/C14H18BrClF3N/c1-2-8-20-13(4-3-7-14(17,18)19)11-9-10(16)5-6-12(11)15/h5-6,9,13,20H,2-4,7-8H2,1H3. The Bertz CT molecular complexity index is 423. The average Bonchev–Trinajstić information content (AvgIpc) is 2.35. The van der Waals surface area contributed by atoms with Gasteiger partial charge < -0.3 is 5.32 Å². The van der Waals surface area contributed by atoms with Crippen molar-refractivity contribution in [3.63, 3.8) is 0 Å². The Labute approximate surface area is 131 Å². The number of benzene rings is 1. The van der Waals surface area contributed by atoms with Gasteiger partial charge in [0.05, 0.1) is 0 Å². The van der Waals surface area contributed by atoms with E-state index in [-0.39, 0.29) is 12.5 Å². The van der Waals surface area contributed by atoms with Gasteiger partial charge in [-0.3, -0.25) is 0 Å². The average molecular weight is 373 g/mol. The van der Waals surface area contributed by atoms with Gasteiger partial charge in [0.1, 0.15) is 0 Å². The van der Waals surface area contributed by atoms with Crippen LogP contribution in [0.25, 0.3) is 0 Å². The van der Waals surface area contributed by atoms with E-state index in [1.807, 2.05) is 13.0 Å². The van der Waals surface area contributed by atoms with Gasteiger partial charge in [0.25, 0.3) is 0 Å². The summed E-state index contributed by atoms with van der Waals surface area (Å²) in [5.41, 5.74) is 0.910. The molecule has 1 rings (SSSR count). The molecule has 0 amide bonds. The van der Waals surface area contributed by atoms with Crippen molar-refractivity contribution in [3.05, 3.63) is 33.3 Å². The summed E-state index contributed by atoms with van der Waals surface area (Å²) in [6.07, 6.45) is -3.40. The summed E-state index contributed by atoms with van der Waals surface area (Å²) in [5, 5.41) is 3.87. The zero-order chi connectivity index (χ0) is 15.2. The molecule has 0 spiro atoms. The predicted octanol–water partition coefficient (Wildman–Crippen LogP) is 5.88. The molecule has 1 N–H and O–H groups in total. The van der Waals surface area contributed by atoms with E-state index in [1.165, 1.54) is 0 Å². The number of nitrogens with one attached hydrogen (secondary N) is 1. The zero-order valence-corrected chi connectivity index (χ0v) is 13.6. The minimum absolute atomic E-state index is 0.101. The lowest BCUT2D eigenvalue weighted by Crippen LogP contribution is -2.23. The Morgan fingerprint density at radius 2 is 2.05 bits per heavy atom. The van der Waals surface area contributed by atoms with E-state index >= 15 is 0 Å². The smallest absolute Gasteiger partial charge is 0.310 e. The van der Waals surface area contributed by atoms with E-state index in [4.69, 9.17) is 11.6 Å². The van der Waals surface area contributed by atoms with Crippen LogP contribution in [-0.4, -0.2) is 12.7 Å². The maximum atomic E-state index is 12.3. The van der Waals surface area contributed by atoms with Crippen LogP contribution in [0.5, 0.6) is 0 Å². The largest absolute Gasteiger partial charge is 0.389 e. The van der Waals surface area contributed by atoms with Crippen LogP contribution in [0, 0.1) is 0 Å². The highest BCUT2D eigenvalue weighted by atomic mass is 79.9. The maximum Gasteiger partial charge on any atom is 0.389 e. The number of halogens is 5. The molecule has 0 fully saturated rings. The summed E-state index contributed by atoms with van der Waals surface area (Å²) in [6, 6.07) is 5.25. The van der Waals surface area contributed by atoms with E-state index in [2.05, 4.69) is 21.2 Å². The normalized spacial score (nSPS) is 13.5. The highest BCUT2D eigenvalue weighted by Gasteiger charge is 2.27. The van der Waals surface area contributed by atoms with Crippen molar-refractivity contribution in [1.29, 1.82) is 0 Å². The van der Waals surface area contributed by atoms with E-state index in [9.17, 15) is 13.2 Å². The molecule has 20 heavy (non-hydrogen) atoms. The number of hydrogen-bond donors (Lipinski definition) is 1. The topological polar surface area (TPSA) is 12.0 Å². The van der Waals surface area contributed by atoms with Crippen molar-refractivity contribution >= 4 is 27.5 Å². The Kier molecular flexibility index (Phi) is 7.34. The molecule has 0 aliphatic carbocycles. The Hall–Kier alpha value is -0.260. The third kappa shape index (κ3) is 6.46. The second kappa shape index (κ2) is 8.25. The molecular weight excluding hydrogens is 355 g/mol. The highest BCUT2D eigenvalue weighted by molar-refractivity contribution is 9.10. The van der Waals surface area contributed by atoms with E-state index in [1.54, 1.807) is 12.1 Å². The molecule has 1 aromatic rings. The number of hydrogen-bond acceptors (Lipinski definition) is 1. The molecule has 1 nitrogen and oxygen atoms in total. The zero-order valence-electron chi connectivity index (χ0n) is 11.2. The van der Waals surface area contributed by atoms with E-state index in [0.717, 1.165) is 23.0 Å². The van der Waals surface area contributed by atoms with Crippen molar-refractivity contribution < 1.29 is 13.2 Å². The van der Waals surface area contributed by atoms with Crippen molar-refractivity contribution in [1.82, 2.24) is 5.32 Å². The fraction of sp³-hybridized carbons (Fsp3) is 0.571. The molecular formula is C14H18BrClF3N. The Morgan fingerprint density at radius 1 is 1.35 bits per heavy atom. The molecule has 0 saturated carbocycles. The molecule has 1 unspecified atom stereocenters. The molecule has 6 heteroatoms. The Balaban J connectivity index is 2.75. The summed E-state index contributed by atoms with van der Waals surface area (Å²) in [7, 11) is 0. The van der Waals surface area contributed by atoms with Crippen LogP contribution < -0.4 is 5.32 Å². The molecule has 0 aliphatic rings. The van der Waals surface area contributed by atoms with Crippen LogP contribution in [0.15, 0.2) is 22.7 Å². The molecule has 0 aliphatic heterocycles. The lowest BCUT2D eigenvalue weighted by Gasteiger charge is -2.21. The molecule has 0 saturated heterocycles. The molecule has 0 aromatic heterocycles. The third-order valence-electron chi connectivity index (χ3n) is 2.93. The minimum atomic E-state index is -4.10. The van der Waals surface area contributed by atoms with Crippen molar-refractivity contribution in [2.24, 2.45) is 0 Å². The molecule has 1 atom stereocenters. The predicted molar refractivity (Wildman–Crippen MR) is 80.1 cm³/mol. The quantitative estimate of drug-likeness (QED) is 0.630. The first-order chi connectivity index (χ1) is 9.33. The molecule has 0 bridgehead atoms. The second-order valence-electron chi connectivity index (χ2n) is 4.68. The van der Waals surface area contributed by atoms with Gasteiger partial charge >= 0.3 is 6.18 Å². The summed E-state index contributed by atoms with van der Waals surface area (Å²) < 4.78 is 37.6. The van der Waals surface area contributed by atoms with Gasteiger partial charge in [0.15, 0.2) is 0 Å². The number of alkyl halides is 3. The van der Waals surface area contributed by atoms with Crippen LogP contribution in [0.3, 0.4) is 0 Å². The molecule has 114 valence electrons. The minimum Gasteiger partial charge on any atom is -0.310 e. The monoisotopic (exact) mass is 371 g/mol. The summed E-state index contributed by atoms with van der Waals surface area (Å²) >= 11 is 9.41. The maximum absolute atomic E-state index is 12.3. The first-order valence-electron chi connectivity index (χ1n) is 6.58. The first-order valence-corrected chi connectivity index (χ1v) is 7.75. The van der Waals surface area contributed by atoms with Gasteiger partial charge in [-0.05, 0) is 49.6 Å². The van der Waals surface area contributed by atoms with Crippen LogP contribution in [0.1, 0.15) is 44.2 Å². The lowest BCUT2D eigenvalue weighted by atomic mass is 10.0. The van der Waals surface area contributed by atoms with Crippen LogP contribution >= 0.6 is 27.5 Å². The molecule has 0 radical (unpaired) electrons. The molecule has 1 aromatic carbocycles. The van der Waals surface area contributed by atoms with Crippen LogP contribution in [0.4, 0.5) is 13.2 Å². The fourth-order valence-corrected chi connectivity index (χ4v) is 2.68. The highest BCUT2D eigenvalue weighted by Crippen LogP contribution is 2.31. The summed E-state index contributed by atoms with van der Waals surface area (Å²) in [6.45, 7) is 2.78. The van der Waals surface area contributed by atoms with Gasteiger partial charge in [-0.25, -0.2) is 0 Å². The van der Waals surface area contributed by atoms with Gasteiger partial charge in [0, 0.05) is 22.0 Å². The second-order valence-corrected chi connectivity index (χ2v) is 5.97. The lowest BCUT2D eigenvalue weighted by molar-refractivity contribution is -0.135. The SMILES string of the molecule is CCCNC(CCCC(F)(F)F)c1cc(Cl)ccc1Br. The van der Waals surface area contributed by atoms with E-state index in [0.29, 0.717) is 11.4 Å². The van der Waals surface area contributed by atoms with Crippen LogP contribution in [0.2, 0.25) is 5.02 Å². The van der Waals surface area contributed by atoms with Gasteiger partial charge in [0.2, 0.25) is 0 Å².